The van der Waals surface area contributed by atoms with Crippen molar-refractivity contribution in [1.29, 1.82) is 0 Å². The minimum atomic E-state index is -0.0569. The highest BCUT2D eigenvalue weighted by atomic mass is 35.5. The first-order valence-electron chi connectivity index (χ1n) is 6.79. The quantitative estimate of drug-likeness (QED) is 0.642. The van der Waals surface area contributed by atoms with Crippen LogP contribution in [0.2, 0.25) is 10.0 Å². The molecule has 106 valence electrons. The summed E-state index contributed by atoms with van der Waals surface area (Å²) in [6.07, 6.45) is 0.959. The van der Waals surface area contributed by atoms with Crippen LogP contribution in [0.15, 0.2) is 48.5 Å². The van der Waals surface area contributed by atoms with E-state index in [2.05, 4.69) is 26.0 Å². The maximum Gasteiger partial charge on any atom is 0.157 e. The molecule has 0 heterocycles. The largest absolute Gasteiger partial charge is 0.482 e. The molecule has 2 aromatic rings. The molecular weight excluding hydrogens is 291 g/mol. The van der Waals surface area contributed by atoms with E-state index in [9.17, 15) is 0 Å². The summed E-state index contributed by atoms with van der Waals surface area (Å²) in [4.78, 5) is 0. The Morgan fingerprint density at radius 2 is 1.55 bits per heavy atom. The molecule has 2 rings (SSSR count). The van der Waals surface area contributed by atoms with Crippen molar-refractivity contribution in [1.82, 2.24) is 0 Å². The van der Waals surface area contributed by atoms with Gasteiger partial charge in [0, 0.05) is 0 Å². The highest BCUT2D eigenvalue weighted by molar-refractivity contribution is 6.37. The second kappa shape index (κ2) is 7.01. The SMILES string of the molecule is CCC(C)C(Oc1c(Cl)cccc1Cl)c1ccccc1. The average molecular weight is 309 g/mol. The molecule has 0 aliphatic carbocycles. The highest BCUT2D eigenvalue weighted by Crippen LogP contribution is 2.38. The minimum Gasteiger partial charge on any atom is -0.482 e. The third kappa shape index (κ3) is 3.47. The van der Waals surface area contributed by atoms with Crippen molar-refractivity contribution >= 4 is 23.2 Å². The standard InChI is InChI=1S/C17H18Cl2O/c1-3-12(2)16(13-8-5-4-6-9-13)20-17-14(18)10-7-11-15(17)19/h4-12,16H,3H2,1-2H3. The fraction of sp³-hybridized carbons (Fsp3) is 0.294. The molecule has 20 heavy (non-hydrogen) atoms. The van der Waals surface area contributed by atoms with Crippen LogP contribution in [0.5, 0.6) is 5.75 Å². The van der Waals surface area contributed by atoms with Gasteiger partial charge < -0.3 is 4.74 Å². The number of para-hydroxylation sites is 1. The molecular formula is C17H18Cl2O. The molecule has 0 saturated heterocycles. The zero-order chi connectivity index (χ0) is 14.5. The molecule has 0 radical (unpaired) electrons. The van der Waals surface area contributed by atoms with E-state index in [4.69, 9.17) is 27.9 Å². The number of rotatable bonds is 5. The first-order chi connectivity index (χ1) is 9.63. The molecule has 0 fully saturated rings. The lowest BCUT2D eigenvalue weighted by atomic mass is 9.95. The van der Waals surface area contributed by atoms with E-state index in [1.165, 1.54) is 0 Å². The van der Waals surface area contributed by atoms with Crippen LogP contribution in [0.1, 0.15) is 31.9 Å². The Kier molecular flexibility index (Phi) is 5.33. The summed E-state index contributed by atoms with van der Waals surface area (Å²) in [6.45, 7) is 4.32. The van der Waals surface area contributed by atoms with E-state index < -0.39 is 0 Å². The third-order valence-electron chi connectivity index (χ3n) is 3.45. The Morgan fingerprint density at radius 1 is 0.950 bits per heavy atom. The molecule has 2 aromatic carbocycles. The van der Waals surface area contributed by atoms with Crippen molar-refractivity contribution in [3.63, 3.8) is 0 Å². The summed E-state index contributed by atoms with van der Waals surface area (Å²) in [6, 6.07) is 15.6. The van der Waals surface area contributed by atoms with Gasteiger partial charge in [0.15, 0.2) is 5.75 Å². The van der Waals surface area contributed by atoms with E-state index in [-0.39, 0.29) is 6.10 Å². The Balaban J connectivity index is 2.34. The van der Waals surface area contributed by atoms with Crippen LogP contribution in [0.25, 0.3) is 0 Å². The Morgan fingerprint density at radius 3 is 2.10 bits per heavy atom. The van der Waals surface area contributed by atoms with Gasteiger partial charge in [-0.25, -0.2) is 0 Å². The summed E-state index contributed by atoms with van der Waals surface area (Å²) in [5.41, 5.74) is 1.14. The van der Waals surface area contributed by atoms with Crippen molar-refractivity contribution in [2.75, 3.05) is 0 Å². The second-order valence-corrected chi connectivity index (χ2v) is 5.70. The van der Waals surface area contributed by atoms with E-state index >= 15 is 0 Å². The van der Waals surface area contributed by atoms with Crippen LogP contribution >= 0.6 is 23.2 Å². The predicted octanol–water partition coefficient (Wildman–Crippen LogP) is 6.16. The van der Waals surface area contributed by atoms with Gasteiger partial charge >= 0.3 is 0 Å². The Hall–Kier alpha value is -1.18. The van der Waals surface area contributed by atoms with Gasteiger partial charge in [-0.3, -0.25) is 0 Å². The van der Waals surface area contributed by atoms with Crippen LogP contribution in [-0.2, 0) is 0 Å². The minimum absolute atomic E-state index is 0.0569. The van der Waals surface area contributed by atoms with Gasteiger partial charge in [-0.15, -0.1) is 0 Å². The number of hydrogen-bond acceptors (Lipinski definition) is 1. The van der Waals surface area contributed by atoms with Crippen LogP contribution in [0, 0.1) is 5.92 Å². The van der Waals surface area contributed by atoms with Crippen LogP contribution in [0.4, 0.5) is 0 Å². The fourth-order valence-corrected chi connectivity index (χ4v) is 2.58. The Bertz CT molecular complexity index is 534. The second-order valence-electron chi connectivity index (χ2n) is 4.89. The Labute approximate surface area is 130 Å². The first-order valence-corrected chi connectivity index (χ1v) is 7.54. The monoisotopic (exact) mass is 308 g/mol. The summed E-state index contributed by atoms with van der Waals surface area (Å²) in [5, 5.41) is 1.09. The highest BCUT2D eigenvalue weighted by Gasteiger charge is 2.22. The van der Waals surface area contributed by atoms with Gasteiger partial charge in [0.25, 0.3) is 0 Å². The van der Waals surface area contributed by atoms with Crippen LogP contribution < -0.4 is 4.74 Å². The summed E-state index contributed by atoms with van der Waals surface area (Å²) < 4.78 is 6.15. The molecule has 0 N–H and O–H groups in total. The van der Waals surface area contributed by atoms with Crippen LogP contribution in [0.3, 0.4) is 0 Å². The van der Waals surface area contributed by atoms with E-state index in [1.54, 1.807) is 12.1 Å². The van der Waals surface area contributed by atoms with Gasteiger partial charge in [0.2, 0.25) is 0 Å². The van der Waals surface area contributed by atoms with Gasteiger partial charge in [-0.2, -0.15) is 0 Å². The van der Waals surface area contributed by atoms with Crippen molar-refractivity contribution in [3.8, 4) is 5.75 Å². The first kappa shape index (κ1) is 15.2. The molecule has 0 amide bonds. The maximum absolute atomic E-state index is 6.20. The van der Waals surface area contributed by atoms with E-state index in [0.717, 1.165) is 12.0 Å². The average Bonchev–Trinajstić information content (AvgIpc) is 2.47. The molecule has 0 spiro atoms. The molecule has 0 aliphatic heterocycles. The van der Waals surface area contributed by atoms with Crippen molar-refractivity contribution in [2.45, 2.75) is 26.4 Å². The predicted molar refractivity (Wildman–Crippen MR) is 85.7 cm³/mol. The molecule has 2 atom stereocenters. The molecule has 0 bridgehead atoms. The van der Waals surface area contributed by atoms with Gasteiger partial charge in [0.1, 0.15) is 6.10 Å². The maximum atomic E-state index is 6.20. The van der Waals surface area contributed by atoms with Gasteiger partial charge in [0.05, 0.1) is 10.0 Å². The molecule has 0 aromatic heterocycles. The molecule has 0 saturated carbocycles. The van der Waals surface area contributed by atoms with Crippen molar-refractivity contribution < 1.29 is 4.74 Å². The summed E-state index contributed by atoms with van der Waals surface area (Å²) >= 11 is 12.4. The fourth-order valence-electron chi connectivity index (χ4n) is 2.09. The number of ether oxygens (including phenoxy) is 1. The van der Waals surface area contributed by atoms with E-state index in [1.807, 2.05) is 24.3 Å². The van der Waals surface area contributed by atoms with Gasteiger partial charge in [-0.1, -0.05) is 73.4 Å². The summed E-state index contributed by atoms with van der Waals surface area (Å²) in [5.74, 6) is 0.926. The topological polar surface area (TPSA) is 9.23 Å². The molecule has 3 heteroatoms. The number of hydrogen-bond donors (Lipinski definition) is 0. The zero-order valence-corrected chi connectivity index (χ0v) is 13.2. The molecule has 2 unspecified atom stereocenters. The van der Waals surface area contributed by atoms with Crippen LogP contribution in [-0.4, -0.2) is 0 Å². The lowest BCUT2D eigenvalue weighted by Gasteiger charge is -2.26. The molecule has 1 nitrogen and oxygen atoms in total. The summed E-state index contributed by atoms with van der Waals surface area (Å²) in [7, 11) is 0. The number of halogens is 2. The van der Waals surface area contributed by atoms with Crippen molar-refractivity contribution in [2.24, 2.45) is 5.92 Å². The number of benzene rings is 2. The van der Waals surface area contributed by atoms with E-state index in [0.29, 0.717) is 21.7 Å². The van der Waals surface area contributed by atoms with Gasteiger partial charge in [-0.05, 0) is 30.0 Å². The lowest BCUT2D eigenvalue weighted by molar-refractivity contribution is 0.142. The zero-order valence-electron chi connectivity index (χ0n) is 11.6. The molecule has 0 aliphatic rings. The lowest BCUT2D eigenvalue weighted by Crippen LogP contribution is -2.16. The third-order valence-corrected chi connectivity index (χ3v) is 4.05. The normalized spacial score (nSPS) is 13.8. The smallest absolute Gasteiger partial charge is 0.157 e. The van der Waals surface area contributed by atoms with Crippen molar-refractivity contribution in [3.05, 3.63) is 64.1 Å².